The number of hydrogen-bond donors (Lipinski definition) is 1. The van der Waals surface area contributed by atoms with Crippen LogP contribution in [0.2, 0.25) is 0 Å². The highest BCUT2D eigenvalue weighted by Gasteiger charge is 2.45. The fraction of sp³-hybridized carbons (Fsp3) is 0.417. The second-order valence-electron chi connectivity index (χ2n) is 13.3. The molecule has 1 N–H and O–H groups in total. The van der Waals surface area contributed by atoms with Gasteiger partial charge in [-0.1, -0.05) is 30.3 Å². The fourth-order valence-corrected chi connectivity index (χ4v) is 7.11. The Morgan fingerprint density at radius 1 is 1.12 bits per heavy atom. The first-order valence-corrected chi connectivity index (χ1v) is 16.2. The zero-order chi connectivity index (χ0) is 33.6. The minimum Gasteiger partial charge on any atom is -0.468 e. The molecule has 4 aromatic rings. The average molecular weight is 660 g/mol. The number of piperazine rings is 1. The fourth-order valence-electron chi connectivity index (χ4n) is 7.11. The van der Waals surface area contributed by atoms with Crippen molar-refractivity contribution >= 4 is 27.8 Å². The van der Waals surface area contributed by atoms with E-state index in [4.69, 9.17) is 18.9 Å². The van der Waals surface area contributed by atoms with Gasteiger partial charge in [-0.25, -0.2) is 13.6 Å². The number of nitrogens with zero attached hydrogens (tertiary/aromatic N) is 4. The summed E-state index contributed by atoms with van der Waals surface area (Å²) in [6, 6.07) is 11.4. The molecule has 8 rings (SSSR count). The van der Waals surface area contributed by atoms with Gasteiger partial charge < -0.3 is 34.1 Å². The summed E-state index contributed by atoms with van der Waals surface area (Å²) in [5, 5.41) is 4.72. The van der Waals surface area contributed by atoms with Gasteiger partial charge in [0.1, 0.15) is 17.1 Å². The number of carbonyl (C=O) groups excluding carboxylic acids is 1. The Morgan fingerprint density at radius 3 is 2.67 bits per heavy atom. The van der Waals surface area contributed by atoms with E-state index in [0.717, 1.165) is 43.7 Å². The topological polar surface area (TPSA) is 98.3 Å². The van der Waals surface area contributed by atoms with Crippen molar-refractivity contribution in [1.82, 2.24) is 25.1 Å². The molecule has 3 aliphatic heterocycles. The summed E-state index contributed by atoms with van der Waals surface area (Å²) in [6.45, 7) is 5.41. The van der Waals surface area contributed by atoms with E-state index in [1.165, 1.54) is 7.11 Å². The lowest BCUT2D eigenvalue weighted by Crippen LogP contribution is -2.67. The van der Waals surface area contributed by atoms with Crippen LogP contribution in [-0.4, -0.2) is 91.7 Å². The van der Waals surface area contributed by atoms with E-state index in [9.17, 15) is 4.79 Å². The highest BCUT2D eigenvalue weighted by atomic mass is 19.1. The van der Waals surface area contributed by atoms with Gasteiger partial charge in [0.2, 0.25) is 5.88 Å². The number of rotatable bonds is 11. The third kappa shape index (κ3) is 6.15. The van der Waals surface area contributed by atoms with E-state index in [-0.39, 0.29) is 64.3 Å². The predicted molar refractivity (Wildman–Crippen MR) is 177 cm³/mol. The second kappa shape index (κ2) is 12.9. The lowest BCUT2D eigenvalue weighted by Gasteiger charge is -2.49. The smallest absolute Gasteiger partial charge is 0.416 e. The molecule has 3 unspecified atom stereocenters. The molecule has 3 aromatic carbocycles. The normalized spacial score (nSPS) is 21.1. The van der Waals surface area contributed by atoms with Gasteiger partial charge in [-0.2, -0.15) is 9.97 Å². The van der Waals surface area contributed by atoms with Crippen LogP contribution in [0.25, 0.3) is 32.8 Å². The van der Waals surface area contributed by atoms with Gasteiger partial charge in [0.05, 0.1) is 23.6 Å². The first kappa shape index (κ1) is 32.2. The summed E-state index contributed by atoms with van der Waals surface area (Å²) in [7, 11) is 5.48. The summed E-state index contributed by atoms with van der Waals surface area (Å²) in [4.78, 5) is 26.3. The SMILES string of the molecule is C=CC1NC2CCC1N(C(=O)Oc1nc(OCC3(CN(C)C)CC3)nc3c(F)c(-c4cc(OCOC)cc5ccccc45)c(F)cc13)C2. The molecule has 2 bridgehead atoms. The summed E-state index contributed by atoms with van der Waals surface area (Å²) in [5.74, 6) is -1.71. The molecule has 1 saturated carbocycles. The number of halogens is 2. The van der Waals surface area contributed by atoms with Gasteiger partial charge >= 0.3 is 12.1 Å². The Morgan fingerprint density at radius 2 is 1.94 bits per heavy atom. The molecule has 0 spiro atoms. The van der Waals surface area contributed by atoms with E-state index in [1.54, 1.807) is 35.2 Å². The number of hydrogen-bond acceptors (Lipinski definition) is 9. The van der Waals surface area contributed by atoms with Gasteiger partial charge in [-0.15, -0.1) is 6.58 Å². The number of methoxy groups -OCH3 is 1. The highest BCUT2D eigenvalue weighted by Crippen LogP contribution is 2.46. The summed E-state index contributed by atoms with van der Waals surface area (Å²) >= 11 is 0. The summed E-state index contributed by atoms with van der Waals surface area (Å²) < 4.78 is 55.8. The monoisotopic (exact) mass is 659 g/mol. The lowest BCUT2D eigenvalue weighted by molar-refractivity contribution is 0.0512. The molecule has 3 saturated heterocycles. The van der Waals surface area contributed by atoms with Crippen LogP contribution < -0.4 is 19.5 Å². The molecular weight excluding hydrogens is 620 g/mol. The Labute approximate surface area is 277 Å². The summed E-state index contributed by atoms with van der Waals surface area (Å²) in [6.07, 6.45) is 4.77. The Kier molecular flexibility index (Phi) is 8.65. The maximum atomic E-state index is 16.8. The zero-order valence-electron chi connectivity index (χ0n) is 27.3. The minimum atomic E-state index is -0.939. The maximum absolute atomic E-state index is 16.8. The Hall–Kier alpha value is -4.39. The molecule has 1 aromatic heterocycles. The molecule has 4 heterocycles. The lowest BCUT2D eigenvalue weighted by atomic mass is 9.87. The first-order chi connectivity index (χ1) is 23.2. The third-order valence-corrected chi connectivity index (χ3v) is 9.54. The molecule has 12 heteroatoms. The molecule has 4 fully saturated rings. The molecular formula is C36H39F2N5O5. The van der Waals surface area contributed by atoms with Crippen LogP contribution in [0.1, 0.15) is 25.7 Å². The number of amides is 1. The number of fused-ring (bicyclic) bond motifs is 5. The molecule has 48 heavy (non-hydrogen) atoms. The summed E-state index contributed by atoms with van der Waals surface area (Å²) in [5.41, 5.74) is -0.337. The van der Waals surface area contributed by atoms with Crippen molar-refractivity contribution in [2.75, 3.05) is 47.7 Å². The number of carbonyl (C=O) groups is 1. The van der Waals surface area contributed by atoms with Crippen molar-refractivity contribution in [2.24, 2.45) is 5.41 Å². The van der Waals surface area contributed by atoms with Crippen LogP contribution in [0.5, 0.6) is 17.6 Å². The van der Waals surface area contributed by atoms with E-state index in [1.807, 2.05) is 26.2 Å². The number of ether oxygens (including phenoxy) is 4. The van der Waals surface area contributed by atoms with Gasteiger partial charge in [0.25, 0.3) is 0 Å². The van der Waals surface area contributed by atoms with E-state index < -0.39 is 17.7 Å². The minimum absolute atomic E-state index is 0.0410. The van der Waals surface area contributed by atoms with Gasteiger partial charge in [-0.05, 0) is 74.3 Å². The quantitative estimate of drug-likeness (QED) is 0.155. The van der Waals surface area contributed by atoms with Crippen molar-refractivity contribution in [3.8, 4) is 28.8 Å². The van der Waals surface area contributed by atoms with Crippen LogP contribution >= 0.6 is 0 Å². The first-order valence-electron chi connectivity index (χ1n) is 16.2. The molecule has 1 amide bonds. The number of piperidine rings is 2. The third-order valence-electron chi connectivity index (χ3n) is 9.54. The molecule has 3 atom stereocenters. The van der Waals surface area contributed by atoms with Crippen molar-refractivity contribution < 1.29 is 32.5 Å². The van der Waals surface area contributed by atoms with Crippen molar-refractivity contribution in [3.63, 3.8) is 0 Å². The van der Waals surface area contributed by atoms with Crippen molar-refractivity contribution in [3.05, 3.63) is 66.8 Å². The van der Waals surface area contributed by atoms with E-state index in [2.05, 4.69) is 26.8 Å². The molecule has 4 aliphatic rings. The van der Waals surface area contributed by atoms with Crippen LogP contribution in [0.15, 0.2) is 55.1 Å². The van der Waals surface area contributed by atoms with E-state index >= 15 is 8.78 Å². The number of benzene rings is 3. The number of aromatic nitrogens is 2. The molecule has 252 valence electrons. The van der Waals surface area contributed by atoms with Crippen LogP contribution in [0.3, 0.4) is 0 Å². The number of nitrogens with one attached hydrogen (secondary N) is 1. The maximum Gasteiger partial charge on any atom is 0.416 e. The average Bonchev–Trinajstić information content (AvgIpc) is 3.85. The van der Waals surface area contributed by atoms with Crippen LogP contribution in [0.4, 0.5) is 13.6 Å². The van der Waals surface area contributed by atoms with E-state index in [0.29, 0.717) is 24.3 Å². The van der Waals surface area contributed by atoms with Gasteiger partial charge in [0.15, 0.2) is 12.6 Å². The van der Waals surface area contributed by atoms with Gasteiger partial charge in [-0.3, -0.25) is 0 Å². The standard InChI is InChI=1S/C36H39F2N5O5/c1-5-28-29-11-10-22(39-28)17-43(29)35(44)48-33-26-16-27(37)30(25-15-23(47-20-45-4)14-21-8-6-7-9-24(21)25)31(38)32(26)40-34(41-33)46-19-36(12-13-36)18-42(2)3/h5-9,14-16,22,28-29,39H,1,10-13,17-20H2,2-4H3. The van der Waals surface area contributed by atoms with Gasteiger partial charge in [0, 0.05) is 37.7 Å². The van der Waals surface area contributed by atoms with Crippen LogP contribution in [-0.2, 0) is 4.74 Å². The van der Waals surface area contributed by atoms with Crippen LogP contribution in [0, 0.1) is 17.0 Å². The molecule has 0 radical (unpaired) electrons. The predicted octanol–water partition coefficient (Wildman–Crippen LogP) is 5.92. The largest absolute Gasteiger partial charge is 0.468 e. The Bertz CT molecular complexity index is 1880. The van der Waals surface area contributed by atoms with Crippen molar-refractivity contribution in [2.45, 2.75) is 43.8 Å². The highest BCUT2D eigenvalue weighted by molar-refractivity contribution is 6.00. The molecule has 1 aliphatic carbocycles. The second-order valence-corrected chi connectivity index (χ2v) is 13.3. The molecule has 10 nitrogen and oxygen atoms in total. The van der Waals surface area contributed by atoms with Crippen molar-refractivity contribution in [1.29, 1.82) is 0 Å². The zero-order valence-corrected chi connectivity index (χ0v) is 27.3. The Balaban J connectivity index is 1.32.